The fraction of sp³-hybridized carbons (Fsp3) is 0.444. The van der Waals surface area contributed by atoms with E-state index in [1.54, 1.807) is 36.9 Å². The van der Waals surface area contributed by atoms with Crippen molar-refractivity contribution in [2.75, 3.05) is 26.3 Å². The quantitative estimate of drug-likeness (QED) is 0.252. The Labute approximate surface area is 227 Å². The predicted molar refractivity (Wildman–Crippen MR) is 132 cm³/mol. The average Bonchev–Trinajstić information content (AvgIpc) is 2.94. The summed E-state index contributed by atoms with van der Waals surface area (Å²) in [6.45, 7) is 3.02. The van der Waals surface area contributed by atoms with E-state index in [4.69, 9.17) is 9.47 Å². The molecule has 1 fully saturated rings. The highest BCUT2D eigenvalue weighted by atomic mass is 19.2. The van der Waals surface area contributed by atoms with Crippen molar-refractivity contribution in [3.05, 3.63) is 59.4 Å². The number of benzene rings is 1. The Morgan fingerprint density at radius 2 is 1.70 bits per heavy atom. The molecule has 2 amide bonds. The van der Waals surface area contributed by atoms with E-state index in [1.807, 2.05) is 0 Å². The molecule has 1 aromatic heterocycles. The second-order valence-electron chi connectivity index (χ2n) is 9.68. The van der Waals surface area contributed by atoms with E-state index in [1.165, 1.54) is 6.20 Å². The van der Waals surface area contributed by atoms with Crippen molar-refractivity contribution in [3.63, 3.8) is 0 Å². The van der Waals surface area contributed by atoms with E-state index in [0.29, 0.717) is 0 Å². The molecule has 9 nitrogen and oxygen atoms in total. The summed E-state index contributed by atoms with van der Waals surface area (Å²) in [4.78, 5) is 56.3. The lowest BCUT2D eigenvalue weighted by molar-refractivity contribution is -0.147. The number of Topliss-reactive ketones (excluding diaryl/α,β-unsaturated/α-hetero) is 1. The number of halogens is 4. The zero-order valence-electron chi connectivity index (χ0n) is 21.9. The fourth-order valence-electron chi connectivity index (χ4n) is 3.94. The van der Waals surface area contributed by atoms with Crippen LogP contribution in [0.5, 0.6) is 5.75 Å². The first-order chi connectivity index (χ1) is 19.0. The zero-order valence-corrected chi connectivity index (χ0v) is 21.9. The molecule has 0 bridgehead atoms. The lowest BCUT2D eigenvalue weighted by Gasteiger charge is -2.31. The maximum Gasteiger partial charge on any atom is 0.308 e. The van der Waals surface area contributed by atoms with Crippen LogP contribution in [0.2, 0.25) is 0 Å². The zero-order chi connectivity index (χ0) is 29.4. The number of carbonyl (C=O) groups excluding carboxylic acids is 4. The Morgan fingerprint density at radius 1 is 1.05 bits per heavy atom. The number of nitrogens with one attached hydrogen (secondary N) is 1. The highest BCUT2D eigenvalue weighted by Gasteiger charge is 2.32. The molecule has 0 saturated carbocycles. The largest absolute Gasteiger partial charge is 0.479 e. The Morgan fingerprint density at radius 3 is 2.27 bits per heavy atom. The third kappa shape index (κ3) is 7.99. The minimum absolute atomic E-state index is 0.0103. The fourth-order valence-corrected chi connectivity index (χ4v) is 3.94. The smallest absolute Gasteiger partial charge is 0.308 e. The molecule has 1 aromatic carbocycles. The van der Waals surface area contributed by atoms with Crippen LogP contribution in [0.3, 0.4) is 0 Å². The van der Waals surface area contributed by atoms with E-state index in [2.05, 4.69) is 10.3 Å². The van der Waals surface area contributed by atoms with Crippen LogP contribution in [0.25, 0.3) is 0 Å². The van der Waals surface area contributed by atoms with E-state index in [0.717, 1.165) is 0 Å². The number of hydrogen-bond donors (Lipinski definition) is 1. The van der Waals surface area contributed by atoms with Gasteiger partial charge in [-0.15, -0.1) is 0 Å². The van der Waals surface area contributed by atoms with Gasteiger partial charge in [-0.2, -0.15) is 8.78 Å². The molecule has 1 atom stereocenters. The highest BCUT2D eigenvalue weighted by Crippen LogP contribution is 2.26. The van der Waals surface area contributed by atoms with Crippen molar-refractivity contribution in [1.82, 2.24) is 15.2 Å². The second-order valence-corrected chi connectivity index (χ2v) is 9.68. The van der Waals surface area contributed by atoms with E-state index >= 15 is 0 Å². The monoisotopic (exact) mass is 567 g/mol. The van der Waals surface area contributed by atoms with E-state index in [9.17, 15) is 36.7 Å². The summed E-state index contributed by atoms with van der Waals surface area (Å²) < 4.78 is 64.6. The molecule has 1 aliphatic rings. The van der Waals surface area contributed by atoms with Crippen LogP contribution in [0.4, 0.5) is 17.6 Å². The number of carbonyl (C=O) groups is 4. The number of pyridine rings is 1. The van der Waals surface area contributed by atoms with Crippen LogP contribution in [0.1, 0.15) is 43.6 Å². The summed E-state index contributed by atoms with van der Waals surface area (Å²) in [6, 6.07) is 3.42. The van der Waals surface area contributed by atoms with Crippen LogP contribution >= 0.6 is 0 Å². The Hall–Kier alpha value is -4.03. The maximum absolute atomic E-state index is 13.9. The number of aromatic nitrogens is 1. The number of rotatable bonds is 11. The number of ketones is 1. The highest BCUT2D eigenvalue weighted by molar-refractivity contribution is 5.94. The van der Waals surface area contributed by atoms with Crippen molar-refractivity contribution < 1.29 is 46.2 Å². The average molecular weight is 568 g/mol. The molecular weight excluding hydrogens is 538 g/mol. The van der Waals surface area contributed by atoms with Gasteiger partial charge in [-0.1, -0.05) is 19.9 Å². The van der Waals surface area contributed by atoms with Crippen LogP contribution < -0.4 is 10.1 Å². The molecule has 13 heteroatoms. The van der Waals surface area contributed by atoms with Gasteiger partial charge in [-0.25, -0.2) is 8.78 Å². The summed E-state index contributed by atoms with van der Waals surface area (Å²) in [6.07, 6.45) is 1.41. The Kier molecular flexibility index (Phi) is 10.6. The number of likely N-dealkylation sites (tertiary alicyclic amines) is 1. The van der Waals surface area contributed by atoms with Gasteiger partial charge in [0.15, 0.2) is 23.2 Å². The first-order valence-corrected chi connectivity index (χ1v) is 12.6. The lowest BCUT2D eigenvalue weighted by atomic mass is 9.94. The molecule has 1 N–H and O–H groups in total. The van der Waals surface area contributed by atoms with Gasteiger partial charge in [0.05, 0.1) is 13.0 Å². The predicted octanol–water partition coefficient (Wildman–Crippen LogP) is 3.21. The van der Waals surface area contributed by atoms with Crippen LogP contribution in [-0.4, -0.2) is 65.8 Å². The maximum atomic E-state index is 13.9. The second kappa shape index (κ2) is 13.9. The molecule has 0 unspecified atom stereocenters. The summed E-state index contributed by atoms with van der Waals surface area (Å²) >= 11 is 0. The topological polar surface area (TPSA) is 115 Å². The first-order valence-electron chi connectivity index (χ1n) is 12.6. The van der Waals surface area contributed by atoms with Crippen molar-refractivity contribution in [1.29, 1.82) is 0 Å². The summed E-state index contributed by atoms with van der Waals surface area (Å²) in [7, 11) is 0. The Bertz CT molecular complexity index is 1210. The van der Waals surface area contributed by atoms with Gasteiger partial charge in [0.1, 0.15) is 18.3 Å². The van der Waals surface area contributed by atoms with Gasteiger partial charge >= 0.3 is 5.97 Å². The van der Waals surface area contributed by atoms with Gasteiger partial charge in [0.2, 0.25) is 17.5 Å². The van der Waals surface area contributed by atoms with Crippen molar-refractivity contribution in [3.8, 4) is 5.75 Å². The third-order valence-electron chi connectivity index (χ3n) is 6.12. The molecule has 2 aromatic rings. The van der Waals surface area contributed by atoms with Crippen molar-refractivity contribution in [2.24, 2.45) is 11.8 Å². The van der Waals surface area contributed by atoms with Crippen molar-refractivity contribution >= 4 is 23.6 Å². The van der Waals surface area contributed by atoms with Gasteiger partial charge in [0.25, 0.3) is 5.91 Å². The third-order valence-corrected chi connectivity index (χ3v) is 6.12. The molecular formula is C27H29F4N3O6. The molecule has 216 valence electrons. The van der Waals surface area contributed by atoms with Crippen LogP contribution in [0, 0.1) is 35.1 Å². The number of nitrogens with zero attached hydrogens (tertiary/aromatic N) is 2. The minimum atomic E-state index is -1.84. The molecule has 0 spiro atoms. The molecule has 1 aliphatic heterocycles. The Balaban J connectivity index is 1.65. The molecule has 2 heterocycles. The summed E-state index contributed by atoms with van der Waals surface area (Å²) in [5.74, 6) is -11.9. The van der Waals surface area contributed by atoms with Gasteiger partial charge in [-0.3, -0.25) is 24.2 Å². The molecule has 1 saturated heterocycles. The number of hydrogen-bond acceptors (Lipinski definition) is 7. The van der Waals surface area contributed by atoms with Gasteiger partial charge < -0.3 is 19.7 Å². The molecule has 0 radical (unpaired) electrons. The first kappa shape index (κ1) is 30.5. The van der Waals surface area contributed by atoms with Gasteiger partial charge in [-0.05, 0) is 30.9 Å². The summed E-state index contributed by atoms with van der Waals surface area (Å²) in [5.41, 5.74) is 0.266. The van der Waals surface area contributed by atoms with E-state index in [-0.39, 0.29) is 56.1 Å². The standard InChI is InChI=1S/C27H29F4N3O6/c1-15(2)13-39-22(36)12-20(21(35)14-40-25-23(30)17(28)11-18(29)24(25)31)33-26(37)16-6-9-34(10-7-16)27(38)19-5-3-4-8-32-19/h3-5,8,11,15-16,20H,6-7,9-10,12-14H2,1-2H3,(H,33,37)/t20-/m0/s1. The number of amides is 2. The summed E-state index contributed by atoms with van der Waals surface area (Å²) in [5, 5.41) is 2.45. The SMILES string of the molecule is CC(C)COC(=O)C[C@H](NC(=O)C1CCN(C(=O)c2ccccn2)CC1)C(=O)COc1c(F)c(F)cc(F)c1F. The molecule has 40 heavy (non-hydrogen) atoms. The number of ether oxygens (including phenoxy) is 2. The van der Waals surface area contributed by atoms with Crippen molar-refractivity contribution in [2.45, 2.75) is 39.2 Å². The number of piperidine rings is 1. The van der Waals surface area contributed by atoms with Gasteiger partial charge in [0, 0.05) is 31.3 Å². The van der Waals surface area contributed by atoms with E-state index < -0.39 is 71.7 Å². The molecule has 0 aliphatic carbocycles. The number of esters is 1. The minimum Gasteiger partial charge on any atom is -0.479 e. The van der Waals surface area contributed by atoms with Crippen LogP contribution in [-0.2, 0) is 19.1 Å². The van der Waals surface area contributed by atoms with Crippen LogP contribution in [0.15, 0.2) is 30.5 Å². The molecule has 3 rings (SSSR count). The normalized spacial score (nSPS) is 14.5. The lowest BCUT2D eigenvalue weighted by Crippen LogP contribution is -2.49.